The highest BCUT2D eigenvalue weighted by molar-refractivity contribution is 6.37. The summed E-state index contributed by atoms with van der Waals surface area (Å²) in [7, 11) is 0. The van der Waals surface area contributed by atoms with Crippen LogP contribution in [-0.2, 0) is 0 Å². The molecule has 1 saturated heterocycles. The van der Waals surface area contributed by atoms with Crippen molar-refractivity contribution in [1.29, 1.82) is 0 Å². The number of hydrogen-bond acceptors (Lipinski definition) is 2. The van der Waals surface area contributed by atoms with Gasteiger partial charge in [0.25, 0.3) is 0 Å². The molecular weight excluding hydrogens is 233 g/mol. The van der Waals surface area contributed by atoms with Crippen LogP contribution >= 0.6 is 23.2 Å². The first-order valence-corrected chi connectivity index (χ1v) is 5.85. The molecule has 1 aliphatic heterocycles. The lowest BCUT2D eigenvalue weighted by atomic mass is 9.97. The van der Waals surface area contributed by atoms with E-state index in [2.05, 4.69) is 5.32 Å². The Labute approximate surface area is 99.2 Å². The van der Waals surface area contributed by atoms with E-state index in [0.717, 1.165) is 18.5 Å². The highest BCUT2D eigenvalue weighted by atomic mass is 35.5. The van der Waals surface area contributed by atoms with Gasteiger partial charge < -0.3 is 10.4 Å². The molecule has 1 aliphatic rings. The Kier molecular flexibility index (Phi) is 3.39. The maximum absolute atomic E-state index is 9.44. The smallest absolute Gasteiger partial charge is 0.152 e. The van der Waals surface area contributed by atoms with Gasteiger partial charge in [0, 0.05) is 6.04 Å². The Morgan fingerprint density at radius 1 is 1.20 bits per heavy atom. The zero-order valence-electron chi connectivity index (χ0n) is 8.26. The fourth-order valence-corrected chi connectivity index (χ4v) is 2.43. The Hall–Kier alpha value is -0.440. The van der Waals surface area contributed by atoms with Gasteiger partial charge in [-0.05, 0) is 37.1 Å². The highest BCUT2D eigenvalue weighted by Gasteiger charge is 2.17. The minimum atomic E-state index is -0.0297. The maximum atomic E-state index is 9.44. The normalized spacial score (nSPS) is 21.6. The first-order valence-electron chi connectivity index (χ1n) is 5.10. The number of halogens is 2. The zero-order valence-corrected chi connectivity index (χ0v) is 9.78. The fourth-order valence-electron chi connectivity index (χ4n) is 1.92. The van der Waals surface area contributed by atoms with Gasteiger partial charge in [0.15, 0.2) is 5.75 Å². The van der Waals surface area contributed by atoms with E-state index in [0.29, 0.717) is 16.1 Å². The van der Waals surface area contributed by atoms with Crippen LogP contribution in [0.2, 0.25) is 10.0 Å². The van der Waals surface area contributed by atoms with Gasteiger partial charge in [-0.15, -0.1) is 0 Å². The van der Waals surface area contributed by atoms with Crippen molar-refractivity contribution in [2.75, 3.05) is 6.54 Å². The number of rotatable bonds is 1. The van der Waals surface area contributed by atoms with E-state index in [1.807, 2.05) is 0 Å². The van der Waals surface area contributed by atoms with Gasteiger partial charge in [0.2, 0.25) is 0 Å². The Morgan fingerprint density at radius 3 is 2.40 bits per heavy atom. The summed E-state index contributed by atoms with van der Waals surface area (Å²) in [6, 6.07) is 3.88. The van der Waals surface area contributed by atoms with Crippen molar-refractivity contribution in [2.24, 2.45) is 0 Å². The largest absolute Gasteiger partial charge is 0.505 e. The molecule has 0 spiro atoms. The maximum Gasteiger partial charge on any atom is 0.152 e. The number of piperidine rings is 1. The fraction of sp³-hybridized carbons (Fsp3) is 0.455. The molecule has 0 bridgehead atoms. The van der Waals surface area contributed by atoms with E-state index in [4.69, 9.17) is 23.2 Å². The summed E-state index contributed by atoms with van der Waals surface area (Å²) in [6.45, 7) is 1.03. The number of nitrogens with one attached hydrogen (secondary N) is 1. The van der Waals surface area contributed by atoms with Crippen LogP contribution in [0.4, 0.5) is 0 Å². The summed E-state index contributed by atoms with van der Waals surface area (Å²) in [5.74, 6) is -0.0297. The lowest BCUT2D eigenvalue weighted by Gasteiger charge is -2.24. The average molecular weight is 246 g/mol. The van der Waals surface area contributed by atoms with Crippen molar-refractivity contribution in [3.05, 3.63) is 27.7 Å². The average Bonchev–Trinajstić information content (AvgIpc) is 2.26. The molecule has 0 amide bonds. The van der Waals surface area contributed by atoms with Crippen molar-refractivity contribution >= 4 is 23.2 Å². The summed E-state index contributed by atoms with van der Waals surface area (Å²) in [6.07, 6.45) is 3.53. The lowest BCUT2D eigenvalue weighted by molar-refractivity contribution is 0.411. The molecule has 2 N–H and O–H groups in total. The first kappa shape index (κ1) is 11.1. The Bertz CT molecular complexity index is 339. The topological polar surface area (TPSA) is 32.3 Å². The third-order valence-corrected chi connectivity index (χ3v) is 3.33. The van der Waals surface area contributed by atoms with Crippen LogP contribution in [0.25, 0.3) is 0 Å². The minimum Gasteiger partial charge on any atom is -0.505 e. The number of phenols is 1. The molecule has 0 radical (unpaired) electrons. The predicted octanol–water partition coefficient (Wildman–Crippen LogP) is 3.51. The van der Waals surface area contributed by atoms with E-state index in [1.165, 1.54) is 12.8 Å². The molecule has 0 aromatic heterocycles. The van der Waals surface area contributed by atoms with Gasteiger partial charge in [0.1, 0.15) is 0 Å². The van der Waals surface area contributed by atoms with E-state index >= 15 is 0 Å². The third-order valence-electron chi connectivity index (χ3n) is 2.75. The lowest BCUT2D eigenvalue weighted by Crippen LogP contribution is -2.26. The standard InChI is InChI=1S/C11H13Cl2NO/c12-8-5-7(6-9(13)11(8)15)10-3-1-2-4-14-10/h5-6,10,14-15H,1-4H2/t10-/m1/s1. The van der Waals surface area contributed by atoms with Crippen molar-refractivity contribution < 1.29 is 5.11 Å². The molecule has 1 aromatic rings. The molecule has 1 heterocycles. The number of phenolic OH excluding ortho intramolecular Hbond substituents is 1. The van der Waals surface area contributed by atoms with Gasteiger partial charge in [-0.2, -0.15) is 0 Å². The summed E-state index contributed by atoms with van der Waals surface area (Å²) in [4.78, 5) is 0. The molecule has 0 aliphatic carbocycles. The number of benzene rings is 1. The van der Waals surface area contributed by atoms with E-state index in [9.17, 15) is 5.11 Å². The van der Waals surface area contributed by atoms with Crippen LogP contribution < -0.4 is 5.32 Å². The summed E-state index contributed by atoms with van der Waals surface area (Å²) < 4.78 is 0. The highest BCUT2D eigenvalue weighted by Crippen LogP contribution is 2.36. The van der Waals surface area contributed by atoms with E-state index < -0.39 is 0 Å². The first-order chi connectivity index (χ1) is 7.18. The number of aromatic hydroxyl groups is 1. The van der Waals surface area contributed by atoms with Gasteiger partial charge >= 0.3 is 0 Å². The third kappa shape index (κ3) is 2.39. The summed E-state index contributed by atoms with van der Waals surface area (Å²) in [5.41, 5.74) is 1.06. The molecular formula is C11H13Cl2NO. The Morgan fingerprint density at radius 2 is 1.87 bits per heavy atom. The monoisotopic (exact) mass is 245 g/mol. The predicted molar refractivity (Wildman–Crippen MR) is 62.7 cm³/mol. The zero-order chi connectivity index (χ0) is 10.8. The Balaban J connectivity index is 2.27. The van der Waals surface area contributed by atoms with Crippen LogP contribution in [0.15, 0.2) is 12.1 Å². The van der Waals surface area contributed by atoms with Crippen LogP contribution in [0.1, 0.15) is 30.9 Å². The molecule has 15 heavy (non-hydrogen) atoms. The SMILES string of the molecule is Oc1c(Cl)cc([C@H]2CCCCN2)cc1Cl. The van der Waals surface area contributed by atoms with E-state index in [-0.39, 0.29) is 5.75 Å². The molecule has 0 unspecified atom stereocenters. The van der Waals surface area contributed by atoms with Gasteiger partial charge in [-0.25, -0.2) is 0 Å². The van der Waals surface area contributed by atoms with Crippen molar-refractivity contribution in [3.8, 4) is 5.75 Å². The van der Waals surface area contributed by atoms with Crippen molar-refractivity contribution in [2.45, 2.75) is 25.3 Å². The molecule has 82 valence electrons. The molecule has 2 nitrogen and oxygen atoms in total. The summed E-state index contributed by atoms with van der Waals surface area (Å²) in [5, 5.41) is 13.5. The van der Waals surface area contributed by atoms with Crippen LogP contribution in [0.3, 0.4) is 0 Å². The second kappa shape index (κ2) is 4.60. The van der Waals surface area contributed by atoms with Crippen molar-refractivity contribution in [1.82, 2.24) is 5.32 Å². The van der Waals surface area contributed by atoms with Gasteiger partial charge in [-0.3, -0.25) is 0 Å². The molecule has 4 heteroatoms. The second-order valence-corrected chi connectivity index (χ2v) is 4.65. The van der Waals surface area contributed by atoms with E-state index in [1.54, 1.807) is 12.1 Å². The molecule has 0 saturated carbocycles. The van der Waals surface area contributed by atoms with Gasteiger partial charge in [-0.1, -0.05) is 29.6 Å². The minimum absolute atomic E-state index is 0.0297. The van der Waals surface area contributed by atoms with Crippen LogP contribution in [-0.4, -0.2) is 11.7 Å². The number of hydrogen-bond donors (Lipinski definition) is 2. The molecule has 1 atom stereocenters. The van der Waals surface area contributed by atoms with Gasteiger partial charge in [0.05, 0.1) is 10.0 Å². The van der Waals surface area contributed by atoms with Crippen LogP contribution in [0.5, 0.6) is 5.75 Å². The summed E-state index contributed by atoms with van der Waals surface area (Å²) >= 11 is 11.8. The molecule has 2 rings (SSSR count). The quantitative estimate of drug-likeness (QED) is 0.794. The van der Waals surface area contributed by atoms with Crippen LogP contribution in [0, 0.1) is 0 Å². The molecule has 1 fully saturated rings. The molecule has 1 aromatic carbocycles. The second-order valence-electron chi connectivity index (χ2n) is 3.84. The van der Waals surface area contributed by atoms with Crippen molar-refractivity contribution in [3.63, 3.8) is 0 Å².